The molecule has 2 atom stereocenters. The zero-order valence-electron chi connectivity index (χ0n) is 18.0. The van der Waals surface area contributed by atoms with Crippen LogP contribution in [0.5, 0.6) is 0 Å². The molecule has 1 saturated heterocycles. The average molecular weight is 420 g/mol. The highest BCUT2D eigenvalue weighted by molar-refractivity contribution is 5.89. The number of anilines is 1. The van der Waals surface area contributed by atoms with Gasteiger partial charge in [0, 0.05) is 51.3 Å². The quantitative estimate of drug-likeness (QED) is 0.616. The standard InChI is InChI=1S/C24H29N5O2/c1-28-23(15-21(27-28)19-11-7-4-8-12-19)26-24(30)25-22-17-29(13-14-31-2)16-20(22)18-9-5-3-6-10-18/h3-12,15,20,22H,13-14,16-17H2,1-2H3,(H2,25,26,30). The fraction of sp³-hybridized carbons (Fsp3) is 0.333. The Bertz CT molecular complexity index is 990. The highest BCUT2D eigenvalue weighted by Gasteiger charge is 2.34. The minimum absolute atomic E-state index is 0.0149. The minimum Gasteiger partial charge on any atom is -0.383 e. The molecule has 2 aromatic carbocycles. The molecule has 3 aromatic rings. The van der Waals surface area contributed by atoms with Crippen LogP contribution in [0, 0.1) is 0 Å². The van der Waals surface area contributed by atoms with Crippen molar-refractivity contribution in [2.24, 2.45) is 7.05 Å². The Morgan fingerprint density at radius 3 is 2.52 bits per heavy atom. The van der Waals surface area contributed by atoms with Gasteiger partial charge in [0.1, 0.15) is 5.82 Å². The molecular weight excluding hydrogens is 390 g/mol. The smallest absolute Gasteiger partial charge is 0.320 e. The molecule has 162 valence electrons. The number of aryl methyl sites for hydroxylation is 1. The molecule has 4 rings (SSSR count). The van der Waals surface area contributed by atoms with E-state index in [0.717, 1.165) is 30.9 Å². The van der Waals surface area contributed by atoms with E-state index in [9.17, 15) is 4.79 Å². The molecule has 0 spiro atoms. The van der Waals surface area contributed by atoms with Gasteiger partial charge in [-0.1, -0.05) is 60.7 Å². The zero-order valence-corrected chi connectivity index (χ0v) is 18.0. The van der Waals surface area contributed by atoms with E-state index in [-0.39, 0.29) is 18.0 Å². The summed E-state index contributed by atoms with van der Waals surface area (Å²) in [5.41, 5.74) is 3.08. The number of hydrogen-bond donors (Lipinski definition) is 2. The number of urea groups is 1. The number of methoxy groups -OCH3 is 1. The third-order valence-electron chi connectivity index (χ3n) is 5.74. The fourth-order valence-electron chi connectivity index (χ4n) is 4.13. The number of ether oxygens (including phenoxy) is 1. The van der Waals surface area contributed by atoms with Crippen molar-refractivity contribution in [2.75, 3.05) is 38.7 Å². The molecule has 0 bridgehead atoms. The lowest BCUT2D eigenvalue weighted by atomic mass is 9.94. The highest BCUT2D eigenvalue weighted by atomic mass is 16.5. The predicted molar refractivity (Wildman–Crippen MR) is 122 cm³/mol. The maximum absolute atomic E-state index is 12.9. The van der Waals surface area contributed by atoms with Gasteiger partial charge in [-0.2, -0.15) is 5.10 Å². The van der Waals surface area contributed by atoms with Crippen LogP contribution in [0.15, 0.2) is 66.7 Å². The molecule has 2 amide bonds. The molecule has 7 nitrogen and oxygen atoms in total. The minimum atomic E-state index is -0.220. The van der Waals surface area contributed by atoms with Crippen LogP contribution in [0.4, 0.5) is 10.6 Å². The Balaban J connectivity index is 1.44. The lowest BCUT2D eigenvalue weighted by Gasteiger charge is -2.20. The van der Waals surface area contributed by atoms with Crippen LogP contribution in [0.3, 0.4) is 0 Å². The summed E-state index contributed by atoms with van der Waals surface area (Å²) in [7, 11) is 3.54. The third-order valence-corrected chi connectivity index (χ3v) is 5.74. The van der Waals surface area contributed by atoms with Crippen LogP contribution in [-0.2, 0) is 11.8 Å². The topological polar surface area (TPSA) is 71.4 Å². The van der Waals surface area contributed by atoms with Gasteiger partial charge in [0.05, 0.1) is 18.3 Å². The molecule has 0 radical (unpaired) electrons. The summed E-state index contributed by atoms with van der Waals surface area (Å²) in [5, 5.41) is 10.7. The molecule has 1 aromatic heterocycles. The van der Waals surface area contributed by atoms with E-state index in [2.05, 4.69) is 32.8 Å². The van der Waals surface area contributed by atoms with Crippen molar-refractivity contribution in [1.82, 2.24) is 20.0 Å². The molecule has 0 saturated carbocycles. The molecule has 1 fully saturated rings. The molecule has 7 heteroatoms. The van der Waals surface area contributed by atoms with Gasteiger partial charge < -0.3 is 10.1 Å². The number of rotatable bonds is 7. The zero-order chi connectivity index (χ0) is 21.6. The van der Waals surface area contributed by atoms with E-state index in [1.54, 1.807) is 11.8 Å². The normalized spacial score (nSPS) is 18.8. The van der Waals surface area contributed by atoms with E-state index in [1.807, 2.05) is 61.6 Å². The molecule has 1 aliphatic heterocycles. The largest absolute Gasteiger partial charge is 0.383 e. The molecule has 2 N–H and O–H groups in total. The molecule has 2 unspecified atom stereocenters. The number of likely N-dealkylation sites (tertiary alicyclic amines) is 1. The van der Waals surface area contributed by atoms with Crippen LogP contribution in [0.1, 0.15) is 11.5 Å². The molecule has 0 aliphatic carbocycles. The van der Waals surface area contributed by atoms with Crippen LogP contribution < -0.4 is 10.6 Å². The van der Waals surface area contributed by atoms with Crippen molar-refractivity contribution >= 4 is 11.8 Å². The second kappa shape index (κ2) is 9.76. The van der Waals surface area contributed by atoms with E-state index < -0.39 is 0 Å². The van der Waals surface area contributed by atoms with E-state index in [4.69, 9.17) is 4.74 Å². The van der Waals surface area contributed by atoms with Crippen molar-refractivity contribution in [3.05, 3.63) is 72.3 Å². The number of carbonyl (C=O) groups is 1. The molecular formula is C24H29N5O2. The second-order valence-electron chi connectivity index (χ2n) is 7.88. The van der Waals surface area contributed by atoms with Gasteiger partial charge in [0.25, 0.3) is 0 Å². The Labute approximate surface area is 183 Å². The Hall–Kier alpha value is -3.16. The Morgan fingerprint density at radius 1 is 1.10 bits per heavy atom. The molecule has 2 heterocycles. The van der Waals surface area contributed by atoms with E-state index in [0.29, 0.717) is 12.4 Å². The number of nitrogens with zero attached hydrogens (tertiary/aromatic N) is 3. The van der Waals surface area contributed by atoms with Gasteiger partial charge in [-0.3, -0.25) is 14.9 Å². The maximum Gasteiger partial charge on any atom is 0.320 e. The first-order chi connectivity index (χ1) is 15.1. The monoisotopic (exact) mass is 419 g/mol. The Kier molecular flexibility index (Phi) is 6.64. The lowest BCUT2D eigenvalue weighted by Crippen LogP contribution is -2.42. The van der Waals surface area contributed by atoms with Gasteiger partial charge in [-0.25, -0.2) is 4.79 Å². The van der Waals surface area contributed by atoms with Gasteiger partial charge in [0.2, 0.25) is 0 Å². The summed E-state index contributed by atoms with van der Waals surface area (Å²) < 4.78 is 6.93. The van der Waals surface area contributed by atoms with Crippen molar-refractivity contribution in [1.29, 1.82) is 0 Å². The lowest BCUT2D eigenvalue weighted by molar-refractivity contribution is 0.159. The first-order valence-corrected chi connectivity index (χ1v) is 10.6. The molecule has 1 aliphatic rings. The van der Waals surface area contributed by atoms with E-state index in [1.165, 1.54) is 5.56 Å². The van der Waals surface area contributed by atoms with Crippen molar-refractivity contribution < 1.29 is 9.53 Å². The van der Waals surface area contributed by atoms with E-state index >= 15 is 0 Å². The number of amides is 2. The average Bonchev–Trinajstić information content (AvgIpc) is 3.36. The summed E-state index contributed by atoms with van der Waals surface area (Å²) in [6.45, 7) is 3.21. The number of benzene rings is 2. The van der Waals surface area contributed by atoms with Gasteiger partial charge in [-0.05, 0) is 5.56 Å². The summed E-state index contributed by atoms with van der Waals surface area (Å²) in [6.07, 6.45) is 0. The summed E-state index contributed by atoms with van der Waals surface area (Å²) >= 11 is 0. The van der Waals surface area contributed by atoms with Crippen molar-refractivity contribution in [3.63, 3.8) is 0 Å². The SMILES string of the molecule is COCCN1CC(NC(=O)Nc2cc(-c3ccccc3)nn2C)C(c2ccccc2)C1. The summed E-state index contributed by atoms with van der Waals surface area (Å²) in [4.78, 5) is 15.2. The van der Waals surface area contributed by atoms with Crippen LogP contribution >= 0.6 is 0 Å². The van der Waals surface area contributed by atoms with Crippen molar-refractivity contribution in [2.45, 2.75) is 12.0 Å². The Morgan fingerprint density at radius 2 is 1.81 bits per heavy atom. The second-order valence-corrected chi connectivity index (χ2v) is 7.88. The number of hydrogen-bond acceptors (Lipinski definition) is 4. The van der Waals surface area contributed by atoms with Gasteiger partial charge in [-0.15, -0.1) is 0 Å². The molecule has 31 heavy (non-hydrogen) atoms. The number of carbonyl (C=O) groups excluding carboxylic acids is 1. The number of nitrogens with one attached hydrogen (secondary N) is 2. The highest BCUT2D eigenvalue weighted by Crippen LogP contribution is 2.28. The third kappa shape index (κ3) is 5.13. The first-order valence-electron chi connectivity index (χ1n) is 10.6. The summed E-state index contributed by atoms with van der Waals surface area (Å²) in [6, 6.07) is 22.0. The summed E-state index contributed by atoms with van der Waals surface area (Å²) in [5.74, 6) is 0.886. The van der Waals surface area contributed by atoms with Gasteiger partial charge >= 0.3 is 6.03 Å². The van der Waals surface area contributed by atoms with Gasteiger partial charge in [0.15, 0.2) is 0 Å². The van der Waals surface area contributed by atoms with Crippen LogP contribution in [0.2, 0.25) is 0 Å². The van der Waals surface area contributed by atoms with Crippen LogP contribution in [-0.4, -0.2) is 60.1 Å². The maximum atomic E-state index is 12.9. The van der Waals surface area contributed by atoms with Crippen LogP contribution in [0.25, 0.3) is 11.3 Å². The first kappa shape index (κ1) is 21.1. The predicted octanol–water partition coefficient (Wildman–Crippen LogP) is 3.32. The van der Waals surface area contributed by atoms with Crippen molar-refractivity contribution in [3.8, 4) is 11.3 Å². The number of aromatic nitrogens is 2. The fourth-order valence-corrected chi connectivity index (χ4v) is 4.13.